The Labute approximate surface area is 184 Å². The second kappa shape index (κ2) is 10.3. The van der Waals surface area contributed by atoms with Gasteiger partial charge in [-0.3, -0.25) is 9.59 Å². The average molecular weight is 438 g/mol. The predicted octanol–water partition coefficient (Wildman–Crippen LogP) is 2.31. The highest BCUT2D eigenvalue weighted by Gasteiger charge is 2.18. The van der Waals surface area contributed by atoms with E-state index in [-0.39, 0.29) is 23.8 Å². The normalized spacial score (nSPS) is 11.4. The van der Waals surface area contributed by atoms with Crippen molar-refractivity contribution in [3.05, 3.63) is 76.3 Å². The fourth-order valence-corrected chi connectivity index (χ4v) is 2.85. The summed E-state index contributed by atoms with van der Waals surface area (Å²) in [5.74, 6) is -0.854. The molecule has 0 aliphatic heterocycles. The Morgan fingerprint density at radius 3 is 2.58 bits per heavy atom. The van der Waals surface area contributed by atoms with E-state index in [0.29, 0.717) is 17.1 Å². The van der Waals surface area contributed by atoms with Gasteiger partial charge in [0.2, 0.25) is 0 Å². The Balaban J connectivity index is 1.53. The van der Waals surface area contributed by atoms with E-state index >= 15 is 0 Å². The number of aryl methyl sites for hydroxylation is 1. The number of benzene rings is 1. The number of hydrogen-bond acceptors (Lipinski definition) is 6. The van der Waals surface area contributed by atoms with Crippen LogP contribution in [0.25, 0.3) is 0 Å². The van der Waals surface area contributed by atoms with E-state index in [1.54, 1.807) is 6.07 Å². The van der Waals surface area contributed by atoms with Crippen LogP contribution < -0.4 is 10.6 Å². The topological polar surface area (TPSA) is 126 Å². The van der Waals surface area contributed by atoms with Crippen LogP contribution in [0.2, 0.25) is 5.02 Å². The first-order valence-corrected chi connectivity index (χ1v) is 9.97. The van der Waals surface area contributed by atoms with Gasteiger partial charge in [0.25, 0.3) is 11.8 Å². The lowest BCUT2D eigenvalue weighted by molar-refractivity contribution is 0.0934. The smallest absolute Gasteiger partial charge is 0.274 e. The summed E-state index contributed by atoms with van der Waals surface area (Å²) in [7, 11) is 0. The monoisotopic (exact) mass is 437 g/mol. The van der Waals surface area contributed by atoms with Gasteiger partial charge in [-0.2, -0.15) is 5.26 Å². The maximum atomic E-state index is 12.5. The van der Waals surface area contributed by atoms with Crippen LogP contribution in [-0.2, 0) is 13.0 Å². The number of nitrogens with zero attached hydrogens (tertiary/aromatic N) is 5. The third-order valence-electron chi connectivity index (χ3n) is 4.48. The first-order valence-electron chi connectivity index (χ1n) is 9.59. The van der Waals surface area contributed by atoms with E-state index in [1.165, 1.54) is 23.1 Å². The molecular weight excluding hydrogens is 418 g/mol. The molecule has 2 heterocycles. The van der Waals surface area contributed by atoms with Crippen LogP contribution in [0, 0.1) is 11.3 Å². The molecule has 0 saturated heterocycles. The number of nitrogens with one attached hydrogen (secondary N) is 2. The molecule has 1 unspecified atom stereocenters. The van der Waals surface area contributed by atoms with Crippen LogP contribution in [0.15, 0.2) is 48.8 Å². The zero-order valence-corrected chi connectivity index (χ0v) is 17.5. The van der Waals surface area contributed by atoms with Crippen molar-refractivity contribution in [1.82, 2.24) is 30.6 Å². The number of carbonyl (C=O) groups excluding carboxylic acids is 2. The SMILES string of the molecule is CCc1ccc(C(C#N)NC(=O)c2cn(CCNC(=O)c3ccc(Cl)cn3)nn2)cc1. The summed E-state index contributed by atoms with van der Waals surface area (Å²) in [6.45, 7) is 2.61. The van der Waals surface area contributed by atoms with Crippen LogP contribution in [0.3, 0.4) is 0 Å². The zero-order valence-electron chi connectivity index (χ0n) is 16.7. The van der Waals surface area contributed by atoms with Crippen LogP contribution in [0.5, 0.6) is 0 Å². The van der Waals surface area contributed by atoms with E-state index in [2.05, 4.69) is 32.0 Å². The summed E-state index contributed by atoms with van der Waals surface area (Å²) in [5.41, 5.74) is 2.17. The lowest BCUT2D eigenvalue weighted by Gasteiger charge is -2.11. The highest BCUT2D eigenvalue weighted by molar-refractivity contribution is 6.30. The number of pyridine rings is 1. The molecule has 158 valence electrons. The number of hydrogen-bond donors (Lipinski definition) is 2. The van der Waals surface area contributed by atoms with Crippen molar-refractivity contribution < 1.29 is 9.59 Å². The highest BCUT2D eigenvalue weighted by atomic mass is 35.5. The van der Waals surface area contributed by atoms with Gasteiger partial charge in [-0.25, -0.2) is 9.67 Å². The molecular formula is C21H20ClN7O2. The molecule has 0 radical (unpaired) electrons. The molecule has 1 atom stereocenters. The molecule has 2 aromatic heterocycles. The third kappa shape index (κ3) is 5.87. The first kappa shape index (κ1) is 21.9. The van der Waals surface area contributed by atoms with E-state index < -0.39 is 11.9 Å². The van der Waals surface area contributed by atoms with Gasteiger partial charge in [0.05, 0.1) is 23.8 Å². The Kier molecular flexibility index (Phi) is 7.30. The van der Waals surface area contributed by atoms with E-state index in [1.807, 2.05) is 31.2 Å². The molecule has 2 N–H and O–H groups in total. The van der Waals surface area contributed by atoms with E-state index in [9.17, 15) is 14.9 Å². The van der Waals surface area contributed by atoms with E-state index in [0.717, 1.165) is 12.0 Å². The lowest BCUT2D eigenvalue weighted by atomic mass is 10.0. The zero-order chi connectivity index (χ0) is 22.2. The largest absolute Gasteiger partial charge is 0.349 e. The molecule has 0 saturated carbocycles. The number of carbonyl (C=O) groups is 2. The number of aromatic nitrogens is 4. The van der Waals surface area contributed by atoms with Crippen molar-refractivity contribution in [3.8, 4) is 6.07 Å². The first-order chi connectivity index (χ1) is 15.0. The van der Waals surface area contributed by atoms with Crippen molar-refractivity contribution in [2.75, 3.05) is 6.54 Å². The van der Waals surface area contributed by atoms with Gasteiger partial charge in [-0.1, -0.05) is 48.0 Å². The Bertz CT molecular complexity index is 1090. The van der Waals surface area contributed by atoms with Crippen molar-refractivity contribution in [2.24, 2.45) is 0 Å². The molecule has 9 nitrogen and oxygen atoms in total. The van der Waals surface area contributed by atoms with Crippen LogP contribution in [0.4, 0.5) is 0 Å². The van der Waals surface area contributed by atoms with Crippen LogP contribution in [0.1, 0.15) is 45.1 Å². The molecule has 2 amide bonds. The molecule has 1 aromatic carbocycles. The van der Waals surface area contributed by atoms with Gasteiger partial charge in [0.15, 0.2) is 5.69 Å². The molecule has 0 aliphatic carbocycles. The molecule has 10 heteroatoms. The van der Waals surface area contributed by atoms with Crippen LogP contribution in [-0.4, -0.2) is 38.3 Å². The molecule has 3 aromatic rings. The van der Waals surface area contributed by atoms with Gasteiger partial charge in [0, 0.05) is 12.7 Å². The van der Waals surface area contributed by atoms with Gasteiger partial charge in [-0.15, -0.1) is 5.10 Å². The number of nitriles is 1. The summed E-state index contributed by atoms with van der Waals surface area (Å²) in [4.78, 5) is 28.4. The van der Waals surface area contributed by atoms with Crippen molar-refractivity contribution >= 4 is 23.4 Å². The van der Waals surface area contributed by atoms with Gasteiger partial charge < -0.3 is 10.6 Å². The summed E-state index contributed by atoms with van der Waals surface area (Å²) in [5, 5.41) is 22.9. The lowest BCUT2D eigenvalue weighted by Crippen LogP contribution is -2.28. The fourth-order valence-electron chi connectivity index (χ4n) is 2.74. The summed E-state index contributed by atoms with van der Waals surface area (Å²) < 4.78 is 1.43. The molecule has 31 heavy (non-hydrogen) atoms. The van der Waals surface area contributed by atoms with Crippen LogP contribution >= 0.6 is 11.6 Å². The minimum atomic E-state index is -0.797. The molecule has 0 bridgehead atoms. The number of halogens is 1. The Morgan fingerprint density at radius 2 is 1.94 bits per heavy atom. The predicted molar refractivity (Wildman–Crippen MR) is 113 cm³/mol. The van der Waals surface area contributed by atoms with Gasteiger partial charge in [0.1, 0.15) is 11.7 Å². The minimum absolute atomic E-state index is 0.0797. The van der Waals surface area contributed by atoms with Crippen molar-refractivity contribution in [2.45, 2.75) is 25.9 Å². The third-order valence-corrected chi connectivity index (χ3v) is 4.71. The highest BCUT2D eigenvalue weighted by Crippen LogP contribution is 2.14. The Morgan fingerprint density at radius 1 is 1.16 bits per heavy atom. The summed E-state index contributed by atoms with van der Waals surface area (Å²) in [6, 6.07) is 11.9. The minimum Gasteiger partial charge on any atom is -0.349 e. The van der Waals surface area contributed by atoms with Gasteiger partial charge in [-0.05, 0) is 29.7 Å². The summed E-state index contributed by atoms with van der Waals surface area (Å²) in [6.07, 6.45) is 3.74. The molecule has 0 fully saturated rings. The van der Waals surface area contributed by atoms with Crippen molar-refractivity contribution in [3.63, 3.8) is 0 Å². The van der Waals surface area contributed by atoms with E-state index in [4.69, 9.17) is 11.6 Å². The Hall–Kier alpha value is -3.77. The van der Waals surface area contributed by atoms with Gasteiger partial charge >= 0.3 is 0 Å². The standard InChI is InChI=1S/C21H20ClN7O2/c1-2-14-3-5-15(6-4-14)18(11-23)26-21(31)19-13-29(28-27-19)10-9-24-20(30)17-8-7-16(22)12-25-17/h3-8,12-13,18H,2,9-10H2,1H3,(H,24,30)(H,26,31). The molecule has 0 spiro atoms. The molecule has 0 aliphatic rings. The maximum Gasteiger partial charge on any atom is 0.274 e. The quantitative estimate of drug-likeness (QED) is 0.557. The van der Waals surface area contributed by atoms with Crippen molar-refractivity contribution in [1.29, 1.82) is 5.26 Å². The molecule has 3 rings (SSSR count). The fraction of sp³-hybridized carbons (Fsp3) is 0.238. The average Bonchev–Trinajstić information content (AvgIpc) is 3.27. The number of rotatable bonds is 8. The number of amides is 2. The second-order valence-corrected chi connectivity index (χ2v) is 7.05. The summed E-state index contributed by atoms with van der Waals surface area (Å²) >= 11 is 5.75. The maximum absolute atomic E-state index is 12.5. The second-order valence-electron chi connectivity index (χ2n) is 6.62.